The van der Waals surface area contributed by atoms with E-state index in [1.165, 1.54) is 29.5 Å². The second-order valence-electron chi connectivity index (χ2n) is 5.30. The predicted octanol–water partition coefficient (Wildman–Crippen LogP) is 4.03. The highest BCUT2D eigenvalue weighted by Gasteiger charge is 2.31. The number of benzene rings is 1. The van der Waals surface area contributed by atoms with Crippen LogP contribution >= 0.6 is 22.9 Å². The third-order valence-corrected chi connectivity index (χ3v) is 4.89. The number of hydrogen-bond acceptors (Lipinski definition) is 5. The number of carbonyl (C=O) groups is 1. The summed E-state index contributed by atoms with van der Waals surface area (Å²) in [6, 6.07) is 7.92. The Labute approximate surface area is 157 Å². The average molecular weight is 401 g/mol. The van der Waals surface area contributed by atoms with Crippen LogP contribution in [0.25, 0.3) is 5.70 Å². The summed E-state index contributed by atoms with van der Waals surface area (Å²) in [6.07, 6.45) is 1.87. The molecule has 0 aliphatic carbocycles. The molecule has 0 fully saturated rings. The summed E-state index contributed by atoms with van der Waals surface area (Å²) >= 11 is 7.24. The molecular formula is C17H15ClF2N2O3S. The fraction of sp³-hybridized carbons (Fsp3) is 0.235. The lowest BCUT2D eigenvalue weighted by Gasteiger charge is -2.25. The van der Waals surface area contributed by atoms with Crippen molar-refractivity contribution in [1.29, 1.82) is 0 Å². The van der Waals surface area contributed by atoms with E-state index in [-0.39, 0.29) is 23.3 Å². The van der Waals surface area contributed by atoms with Gasteiger partial charge in [0.05, 0.1) is 23.7 Å². The number of amides is 1. The van der Waals surface area contributed by atoms with Gasteiger partial charge < -0.3 is 9.47 Å². The molecule has 1 aromatic carbocycles. The van der Waals surface area contributed by atoms with Crippen molar-refractivity contribution in [2.24, 2.45) is 0 Å². The van der Waals surface area contributed by atoms with Crippen molar-refractivity contribution in [2.45, 2.75) is 12.7 Å². The van der Waals surface area contributed by atoms with E-state index < -0.39 is 12.7 Å². The van der Waals surface area contributed by atoms with Crippen LogP contribution in [0, 0.1) is 0 Å². The first-order valence-corrected chi connectivity index (χ1v) is 8.98. The second-order valence-corrected chi connectivity index (χ2v) is 6.52. The monoisotopic (exact) mass is 400 g/mol. The number of hydrazine groups is 1. The molecule has 0 bridgehead atoms. The zero-order valence-electron chi connectivity index (χ0n) is 13.6. The summed E-state index contributed by atoms with van der Waals surface area (Å²) in [5.41, 5.74) is 4.50. The molecular weight excluding hydrogens is 386 g/mol. The molecule has 26 heavy (non-hydrogen) atoms. The van der Waals surface area contributed by atoms with Crippen molar-refractivity contribution in [3.8, 4) is 11.5 Å². The summed E-state index contributed by atoms with van der Waals surface area (Å²) in [7, 11) is 1.36. The molecule has 1 aliphatic heterocycles. The summed E-state index contributed by atoms with van der Waals surface area (Å²) in [6.45, 7) is -2.96. The second kappa shape index (κ2) is 7.92. The van der Waals surface area contributed by atoms with Crippen LogP contribution in [0.4, 0.5) is 8.78 Å². The minimum Gasteiger partial charge on any atom is -0.493 e. The molecule has 138 valence electrons. The first kappa shape index (κ1) is 18.5. The summed E-state index contributed by atoms with van der Waals surface area (Å²) < 4.78 is 34.6. The number of alkyl halides is 3. The predicted molar refractivity (Wildman–Crippen MR) is 95.4 cm³/mol. The highest BCUT2D eigenvalue weighted by atomic mass is 35.5. The highest BCUT2D eigenvalue weighted by Crippen LogP contribution is 2.37. The van der Waals surface area contributed by atoms with Gasteiger partial charge >= 0.3 is 6.61 Å². The van der Waals surface area contributed by atoms with Crippen molar-refractivity contribution >= 4 is 34.5 Å². The molecule has 1 atom stereocenters. The minimum absolute atomic E-state index is 0.0742. The van der Waals surface area contributed by atoms with Gasteiger partial charge in [0.25, 0.3) is 5.91 Å². The first-order valence-electron chi connectivity index (χ1n) is 7.56. The topological polar surface area (TPSA) is 50.8 Å². The highest BCUT2D eigenvalue weighted by molar-refractivity contribution is 7.11. The lowest BCUT2D eigenvalue weighted by atomic mass is 10.1. The van der Waals surface area contributed by atoms with E-state index in [1.807, 2.05) is 23.6 Å². The molecule has 1 aromatic heterocycles. The molecule has 5 nitrogen and oxygen atoms in total. The molecule has 0 spiro atoms. The van der Waals surface area contributed by atoms with Crippen LogP contribution < -0.4 is 14.9 Å². The molecule has 1 amide bonds. The Hall–Kier alpha value is -2.32. The van der Waals surface area contributed by atoms with Gasteiger partial charge in [-0.1, -0.05) is 12.1 Å². The van der Waals surface area contributed by atoms with Gasteiger partial charge in [-0.15, -0.1) is 22.9 Å². The number of methoxy groups -OCH3 is 1. The van der Waals surface area contributed by atoms with Crippen LogP contribution in [0.5, 0.6) is 11.5 Å². The molecule has 0 saturated heterocycles. The quantitative estimate of drug-likeness (QED) is 0.744. The summed E-state index contributed by atoms with van der Waals surface area (Å²) in [4.78, 5) is 13.2. The van der Waals surface area contributed by atoms with Gasteiger partial charge in [-0.2, -0.15) is 8.78 Å². The van der Waals surface area contributed by atoms with Crippen LogP contribution in [0.2, 0.25) is 0 Å². The van der Waals surface area contributed by atoms with Crippen molar-refractivity contribution in [2.75, 3.05) is 13.0 Å². The number of halogens is 3. The van der Waals surface area contributed by atoms with E-state index in [4.69, 9.17) is 16.3 Å². The standard InChI is InChI=1S/C17H15ClF2N2O3S/c1-24-14-7-10(4-5-13(14)25-17(19)20)12-8-11(15-3-2-6-26-15)21-22(12)16(23)9-18/h2-8,12,17,21H,9H2,1H3/t12-/m0/s1. The Kier molecular flexibility index (Phi) is 5.63. The lowest BCUT2D eigenvalue weighted by molar-refractivity contribution is -0.131. The maximum absolute atomic E-state index is 12.5. The van der Waals surface area contributed by atoms with Crippen molar-refractivity contribution in [3.05, 3.63) is 52.2 Å². The van der Waals surface area contributed by atoms with Crippen LogP contribution in [0.15, 0.2) is 41.8 Å². The maximum atomic E-state index is 12.5. The van der Waals surface area contributed by atoms with E-state index in [0.29, 0.717) is 5.56 Å². The number of ether oxygens (including phenoxy) is 2. The molecule has 1 aliphatic rings. The summed E-state index contributed by atoms with van der Waals surface area (Å²) in [5, 5.41) is 3.34. The fourth-order valence-corrected chi connectivity index (χ4v) is 3.46. The number of rotatable bonds is 6. The smallest absolute Gasteiger partial charge is 0.387 e. The van der Waals surface area contributed by atoms with Gasteiger partial charge in [-0.25, -0.2) is 5.01 Å². The largest absolute Gasteiger partial charge is 0.493 e. The zero-order valence-corrected chi connectivity index (χ0v) is 15.2. The van der Waals surface area contributed by atoms with Crippen LogP contribution in [0.3, 0.4) is 0 Å². The zero-order chi connectivity index (χ0) is 18.7. The van der Waals surface area contributed by atoms with Gasteiger partial charge in [-0.05, 0) is 35.2 Å². The van der Waals surface area contributed by atoms with Crippen molar-refractivity contribution in [1.82, 2.24) is 10.4 Å². The van der Waals surface area contributed by atoms with E-state index in [1.54, 1.807) is 12.1 Å². The van der Waals surface area contributed by atoms with Crippen molar-refractivity contribution in [3.63, 3.8) is 0 Å². The molecule has 0 radical (unpaired) electrons. The van der Waals surface area contributed by atoms with E-state index in [2.05, 4.69) is 10.2 Å². The van der Waals surface area contributed by atoms with Crippen LogP contribution in [-0.4, -0.2) is 30.5 Å². The first-order chi connectivity index (χ1) is 12.5. The SMILES string of the molecule is COc1cc([C@@H]2C=C(c3cccs3)NN2C(=O)CCl)ccc1OC(F)F. The van der Waals surface area contributed by atoms with Gasteiger partial charge in [0.15, 0.2) is 11.5 Å². The van der Waals surface area contributed by atoms with Crippen LogP contribution in [-0.2, 0) is 4.79 Å². The Bertz CT molecular complexity index is 814. The van der Waals surface area contributed by atoms with E-state index in [9.17, 15) is 13.6 Å². The van der Waals surface area contributed by atoms with Gasteiger partial charge in [0.2, 0.25) is 0 Å². The van der Waals surface area contributed by atoms with Gasteiger partial charge in [-0.3, -0.25) is 10.2 Å². The number of nitrogens with one attached hydrogen (secondary N) is 1. The third kappa shape index (κ3) is 3.76. The number of thiophene rings is 1. The third-order valence-electron chi connectivity index (χ3n) is 3.76. The lowest BCUT2D eigenvalue weighted by Crippen LogP contribution is -2.40. The molecule has 9 heteroatoms. The molecule has 1 N–H and O–H groups in total. The van der Waals surface area contributed by atoms with Gasteiger partial charge in [0, 0.05) is 0 Å². The molecule has 2 aromatic rings. The molecule has 0 unspecified atom stereocenters. The average Bonchev–Trinajstić information content (AvgIpc) is 3.30. The van der Waals surface area contributed by atoms with Crippen LogP contribution in [0.1, 0.15) is 16.5 Å². The van der Waals surface area contributed by atoms with Crippen molar-refractivity contribution < 1.29 is 23.0 Å². The Morgan fingerprint density at radius 3 is 2.81 bits per heavy atom. The Morgan fingerprint density at radius 1 is 1.38 bits per heavy atom. The fourth-order valence-electron chi connectivity index (χ4n) is 2.63. The number of nitrogens with zero attached hydrogens (tertiary/aromatic N) is 1. The number of hydrogen-bond donors (Lipinski definition) is 1. The van der Waals surface area contributed by atoms with E-state index in [0.717, 1.165) is 10.6 Å². The molecule has 0 saturated carbocycles. The summed E-state index contributed by atoms with van der Waals surface area (Å²) in [5.74, 6) is -0.432. The minimum atomic E-state index is -2.96. The Balaban J connectivity index is 1.97. The Morgan fingerprint density at radius 2 is 2.19 bits per heavy atom. The normalized spacial score (nSPS) is 16.4. The van der Waals surface area contributed by atoms with Gasteiger partial charge in [0.1, 0.15) is 5.88 Å². The maximum Gasteiger partial charge on any atom is 0.387 e. The van der Waals surface area contributed by atoms with E-state index >= 15 is 0 Å². The molecule has 2 heterocycles. The number of carbonyl (C=O) groups excluding carboxylic acids is 1. The molecule has 3 rings (SSSR count).